The summed E-state index contributed by atoms with van der Waals surface area (Å²) < 4.78 is 11.2. The summed E-state index contributed by atoms with van der Waals surface area (Å²) in [4.78, 5) is 18.6. The largest absolute Gasteiger partial charge is 0.508 e. The summed E-state index contributed by atoms with van der Waals surface area (Å²) in [7, 11) is 0. The van der Waals surface area contributed by atoms with E-state index in [0.717, 1.165) is 11.1 Å². The van der Waals surface area contributed by atoms with E-state index in [1.807, 2.05) is 13.0 Å². The first-order valence-electron chi connectivity index (χ1n) is 6.60. The van der Waals surface area contributed by atoms with Crippen LogP contribution in [0.3, 0.4) is 0 Å². The standard InChI is InChI=1S/C15H17O5PS/c1-10(11-3-2-4-13(16)8-11)7-12-5-6-14(17)9-15(12)22-21(18,19)20/h2-6,8-10,16-17H,7H2,1H3,(H2,18,19,20). The monoisotopic (exact) mass is 340 g/mol. The molecule has 4 N–H and O–H groups in total. The molecule has 0 radical (unpaired) electrons. The summed E-state index contributed by atoms with van der Waals surface area (Å²) in [5.74, 6) is 0.192. The van der Waals surface area contributed by atoms with E-state index < -0.39 is 6.80 Å². The van der Waals surface area contributed by atoms with Crippen molar-refractivity contribution in [2.75, 3.05) is 0 Å². The van der Waals surface area contributed by atoms with E-state index in [2.05, 4.69) is 0 Å². The number of phenols is 2. The van der Waals surface area contributed by atoms with Crippen LogP contribution in [0.25, 0.3) is 0 Å². The molecule has 2 aromatic carbocycles. The second kappa shape index (κ2) is 6.75. The number of aromatic hydroxyl groups is 2. The Morgan fingerprint density at radius 2 is 1.77 bits per heavy atom. The highest BCUT2D eigenvalue weighted by Crippen LogP contribution is 2.56. The van der Waals surface area contributed by atoms with Gasteiger partial charge in [-0.25, -0.2) is 4.57 Å². The Hall–Kier alpha value is -1.46. The molecule has 0 spiro atoms. The van der Waals surface area contributed by atoms with Crippen molar-refractivity contribution < 1.29 is 24.6 Å². The molecule has 0 amide bonds. The van der Waals surface area contributed by atoms with Gasteiger partial charge in [-0.05, 0) is 59.1 Å². The maximum atomic E-state index is 11.2. The van der Waals surface area contributed by atoms with Crippen LogP contribution in [0.15, 0.2) is 47.4 Å². The van der Waals surface area contributed by atoms with Crippen LogP contribution in [-0.2, 0) is 11.0 Å². The van der Waals surface area contributed by atoms with Crippen LogP contribution in [0, 0.1) is 0 Å². The lowest BCUT2D eigenvalue weighted by atomic mass is 9.93. The fourth-order valence-corrected chi connectivity index (χ4v) is 4.18. The molecule has 1 unspecified atom stereocenters. The first kappa shape index (κ1) is 16.9. The normalized spacial score (nSPS) is 13.0. The molecule has 2 aromatic rings. The highest BCUT2D eigenvalue weighted by atomic mass is 32.7. The average Bonchev–Trinajstić information content (AvgIpc) is 2.40. The SMILES string of the molecule is CC(Cc1ccc(O)cc1SP(=O)(O)O)c1cccc(O)c1. The molecular formula is C15H17O5PS. The fraction of sp³-hybridized carbons (Fsp3) is 0.200. The topological polar surface area (TPSA) is 98.0 Å². The molecule has 7 heteroatoms. The number of hydrogen-bond donors (Lipinski definition) is 4. The fourth-order valence-electron chi connectivity index (χ4n) is 2.20. The first-order chi connectivity index (χ1) is 10.2. The summed E-state index contributed by atoms with van der Waals surface area (Å²) in [6, 6.07) is 11.4. The molecule has 0 bridgehead atoms. The van der Waals surface area contributed by atoms with Gasteiger partial charge < -0.3 is 20.0 Å². The number of rotatable bonds is 5. The summed E-state index contributed by atoms with van der Waals surface area (Å²) in [6.45, 7) is -2.33. The van der Waals surface area contributed by atoms with Gasteiger partial charge in [0, 0.05) is 4.90 Å². The third-order valence-corrected chi connectivity index (χ3v) is 5.35. The minimum Gasteiger partial charge on any atom is -0.508 e. The Labute approximate surface area is 132 Å². The van der Waals surface area contributed by atoms with Gasteiger partial charge in [0.25, 0.3) is 0 Å². The lowest BCUT2D eigenvalue weighted by Crippen LogP contribution is -1.99. The third-order valence-electron chi connectivity index (χ3n) is 3.23. The Morgan fingerprint density at radius 3 is 2.41 bits per heavy atom. The second-order valence-electron chi connectivity index (χ2n) is 5.07. The lowest BCUT2D eigenvalue weighted by Gasteiger charge is -2.16. The van der Waals surface area contributed by atoms with Crippen molar-refractivity contribution in [3.8, 4) is 11.5 Å². The minimum absolute atomic E-state index is 0.0373. The second-order valence-corrected chi connectivity index (χ2v) is 8.65. The van der Waals surface area contributed by atoms with Crippen LogP contribution in [0.5, 0.6) is 11.5 Å². The van der Waals surface area contributed by atoms with Crippen LogP contribution in [0.4, 0.5) is 0 Å². The van der Waals surface area contributed by atoms with Gasteiger partial charge in [0.05, 0.1) is 0 Å². The van der Waals surface area contributed by atoms with Crippen molar-refractivity contribution in [3.63, 3.8) is 0 Å². The molecule has 0 heterocycles. The molecule has 0 saturated carbocycles. The van der Waals surface area contributed by atoms with Crippen LogP contribution in [0.1, 0.15) is 24.0 Å². The highest BCUT2D eigenvalue weighted by molar-refractivity contribution is 8.54. The maximum Gasteiger partial charge on any atom is 0.388 e. The van der Waals surface area contributed by atoms with Gasteiger partial charge in [-0.3, -0.25) is 0 Å². The quantitative estimate of drug-likeness (QED) is 0.621. The predicted molar refractivity (Wildman–Crippen MR) is 86.2 cm³/mol. The predicted octanol–water partition coefficient (Wildman–Crippen LogP) is 3.63. The van der Waals surface area contributed by atoms with Crippen molar-refractivity contribution in [1.82, 2.24) is 0 Å². The van der Waals surface area contributed by atoms with E-state index in [9.17, 15) is 14.8 Å². The van der Waals surface area contributed by atoms with Gasteiger partial charge in [-0.2, -0.15) is 0 Å². The van der Waals surface area contributed by atoms with Crippen LogP contribution in [-0.4, -0.2) is 20.0 Å². The molecule has 22 heavy (non-hydrogen) atoms. The summed E-state index contributed by atoms with van der Waals surface area (Å²) in [6.07, 6.45) is 0.534. The van der Waals surface area contributed by atoms with Gasteiger partial charge in [-0.15, -0.1) is 0 Å². The Morgan fingerprint density at radius 1 is 1.09 bits per heavy atom. The zero-order valence-corrected chi connectivity index (χ0v) is 13.6. The van der Waals surface area contributed by atoms with Crippen molar-refractivity contribution >= 4 is 18.2 Å². The molecule has 0 aliphatic heterocycles. The number of hydrogen-bond acceptors (Lipinski definition) is 4. The van der Waals surface area contributed by atoms with Crippen LogP contribution < -0.4 is 0 Å². The van der Waals surface area contributed by atoms with E-state index in [-0.39, 0.29) is 17.4 Å². The number of phenolic OH excluding ortho intramolecular Hbond substituents is 2. The number of benzene rings is 2. The van der Waals surface area contributed by atoms with Crippen LogP contribution in [0.2, 0.25) is 0 Å². The molecule has 0 aromatic heterocycles. The Balaban J connectivity index is 2.27. The lowest BCUT2D eigenvalue weighted by molar-refractivity contribution is 0.397. The Bertz CT molecular complexity index is 713. The molecule has 0 fully saturated rings. The summed E-state index contributed by atoms with van der Waals surface area (Å²) >= 11 is 0.439. The van der Waals surface area contributed by atoms with Gasteiger partial charge >= 0.3 is 6.80 Å². The van der Waals surface area contributed by atoms with Crippen molar-refractivity contribution in [2.45, 2.75) is 24.2 Å². The third kappa shape index (κ3) is 4.78. The smallest absolute Gasteiger partial charge is 0.388 e. The minimum atomic E-state index is -4.29. The maximum absolute atomic E-state index is 11.2. The van der Waals surface area contributed by atoms with Gasteiger partial charge in [0.15, 0.2) is 0 Å². The molecular weight excluding hydrogens is 323 g/mol. The molecule has 1 atom stereocenters. The van der Waals surface area contributed by atoms with Gasteiger partial charge in [0.2, 0.25) is 0 Å². The van der Waals surface area contributed by atoms with E-state index in [1.165, 1.54) is 12.1 Å². The van der Waals surface area contributed by atoms with Gasteiger partial charge in [0.1, 0.15) is 11.5 Å². The zero-order chi connectivity index (χ0) is 16.3. The first-order valence-corrected chi connectivity index (χ1v) is 9.64. The molecule has 0 saturated heterocycles. The average molecular weight is 340 g/mol. The molecule has 118 valence electrons. The van der Waals surface area contributed by atoms with Crippen molar-refractivity contribution in [2.24, 2.45) is 0 Å². The molecule has 0 aliphatic rings. The summed E-state index contributed by atoms with van der Waals surface area (Å²) in [5, 5.41) is 19.1. The van der Waals surface area contributed by atoms with E-state index in [0.29, 0.717) is 22.7 Å². The molecule has 2 rings (SSSR count). The van der Waals surface area contributed by atoms with Crippen molar-refractivity contribution in [3.05, 3.63) is 53.6 Å². The summed E-state index contributed by atoms with van der Waals surface area (Å²) in [5.41, 5.74) is 1.67. The van der Waals surface area contributed by atoms with Crippen LogP contribution >= 0.6 is 18.2 Å². The molecule has 0 aliphatic carbocycles. The van der Waals surface area contributed by atoms with E-state index >= 15 is 0 Å². The van der Waals surface area contributed by atoms with Crippen molar-refractivity contribution in [1.29, 1.82) is 0 Å². The highest BCUT2D eigenvalue weighted by Gasteiger charge is 2.20. The zero-order valence-electron chi connectivity index (χ0n) is 11.9. The van der Waals surface area contributed by atoms with E-state index in [4.69, 9.17) is 9.79 Å². The molecule has 5 nitrogen and oxygen atoms in total. The van der Waals surface area contributed by atoms with E-state index in [1.54, 1.807) is 24.3 Å². The Kier molecular flexibility index (Phi) is 5.19. The van der Waals surface area contributed by atoms with Gasteiger partial charge in [-0.1, -0.05) is 25.1 Å².